The molecule has 0 fully saturated rings. The minimum Gasteiger partial charge on any atom is -0.497 e. The van der Waals surface area contributed by atoms with Crippen molar-refractivity contribution in [1.29, 1.82) is 0 Å². The van der Waals surface area contributed by atoms with E-state index in [1.165, 1.54) is 25.3 Å². The van der Waals surface area contributed by atoms with Gasteiger partial charge in [-0.3, -0.25) is 14.4 Å². The number of ether oxygens (including phenoxy) is 2. The molecule has 0 bridgehead atoms. The minimum atomic E-state index is -3.96. The van der Waals surface area contributed by atoms with Crippen molar-refractivity contribution in [1.82, 2.24) is 9.80 Å². The van der Waals surface area contributed by atoms with Gasteiger partial charge in [0.05, 0.1) is 35.8 Å². The van der Waals surface area contributed by atoms with Gasteiger partial charge in [-0.05, 0) is 74.1 Å². The molecule has 1 aliphatic rings. The molecule has 11 nitrogen and oxygen atoms in total. The molecule has 3 aromatic rings. The van der Waals surface area contributed by atoms with E-state index in [2.05, 4.69) is 9.62 Å². The quantitative estimate of drug-likeness (QED) is 0.296. The highest BCUT2D eigenvalue weighted by Gasteiger charge is 2.33. The Balaban J connectivity index is 1.60. The molecule has 1 heterocycles. The standard InChI is InChI=1S/C31H37N3O8S/c1-20-16-34(21(2)19-35)30(36)27-15-24(32-43(39,40)26-12-10-25(41-4)11-13-26)9-14-28(27)42-29(20)18-33(3)17-22-5-7-23(8-6-22)31(37)38/h5-15,20-21,29,32,35H,16-19H2,1-4H3,(H,37,38)/t20-,21+,29+/m1/s1. The number of rotatable bonds is 11. The third-order valence-electron chi connectivity index (χ3n) is 7.43. The highest BCUT2D eigenvalue weighted by atomic mass is 32.2. The zero-order chi connectivity index (χ0) is 31.3. The Hall–Kier alpha value is -4.13. The lowest BCUT2D eigenvalue weighted by molar-refractivity contribution is 0.0341. The van der Waals surface area contributed by atoms with Gasteiger partial charge in [0.2, 0.25) is 0 Å². The Morgan fingerprint density at radius 2 is 1.81 bits per heavy atom. The van der Waals surface area contributed by atoms with Crippen molar-refractivity contribution in [2.75, 3.05) is 38.6 Å². The van der Waals surface area contributed by atoms with Gasteiger partial charge >= 0.3 is 5.97 Å². The number of aliphatic hydroxyl groups excluding tert-OH is 1. The number of nitrogens with zero attached hydrogens (tertiary/aromatic N) is 2. The number of carbonyl (C=O) groups is 2. The fourth-order valence-corrected chi connectivity index (χ4v) is 5.96. The number of hydrogen-bond donors (Lipinski definition) is 3. The lowest BCUT2D eigenvalue weighted by Gasteiger charge is -2.38. The predicted octanol–water partition coefficient (Wildman–Crippen LogP) is 3.55. The molecule has 230 valence electrons. The smallest absolute Gasteiger partial charge is 0.335 e. The van der Waals surface area contributed by atoms with Gasteiger partial charge in [0.15, 0.2) is 0 Å². The van der Waals surface area contributed by atoms with Crippen molar-refractivity contribution in [3.05, 3.63) is 83.4 Å². The van der Waals surface area contributed by atoms with E-state index < -0.39 is 22.0 Å². The Morgan fingerprint density at radius 3 is 2.42 bits per heavy atom. The summed E-state index contributed by atoms with van der Waals surface area (Å²) in [6.07, 6.45) is -0.356. The molecular weight excluding hydrogens is 574 g/mol. The number of nitrogens with one attached hydrogen (secondary N) is 1. The molecule has 0 unspecified atom stereocenters. The summed E-state index contributed by atoms with van der Waals surface area (Å²) in [4.78, 5) is 28.6. The summed E-state index contributed by atoms with van der Waals surface area (Å²) in [6.45, 7) is 4.84. The summed E-state index contributed by atoms with van der Waals surface area (Å²) in [6, 6.07) is 16.7. The first-order chi connectivity index (χ1) is 20.4. The Kier molecular flexibility index (Phi) is 9.95. The molecule has 3 aromatic carbocycles. The molecule has 3 atom stereocenters. The normalized spacial score (nSPS) is 17.8. The molecule has 1 amide bonds. The number of likely N-dealkylation sites (N-methyl/N-ethyl adjacent to an activating group) is 1. The van der Waals surface area contributed by atoms with Gasteiger partial charge in [0.25, 0.3) is 15.9 Å². The molecule has 1 aliphatic heterocycles. The maximum Gasteiger partial charge on any atom is 0.335 e. The molecule has 0 aromatic heterocycles. The summed E-state index contributed by atoms with van der Waals surface area (Å²) in [5, 5.41) is 19.1. The third kappa shape index (κ3) is 7.64. The maximum absolute atomic E-state index is 13.7. The number of methoxy groups -OCH3 is 1. The summed E-state index contributed by atoms with van der Waals surface area (Å²) in [5.41, 5.74) is 1.52. The first kappa shape index (κ1) is 31.8. The topological polar surface area (TPSA) is 146 Å². The van der Waals surface area contributed by atoms with Crippen molar-refractivity contribution >= 4 is 27.6 Å². The first-order valence-electron chi connectivity index (χ1n) is 13.8. The number of aromatic carboxylic acids is 1. The van der Waals surface area contributed by atoms with E-state index in [1.807, 2.05) is 14.0 Å². The Labute approximate surface area is 251 Å². The lowest BCUT2D eigenvalue weighted by atomic mass is 9.99. The second-order valence-corrected chi connectivity index (χ2v) is 12.5. The number of amides is 1. The van der Waals surface area contributed by atoms with Crippen LogP contribution in [0.5, 0.6) is 11.5 Å². The number of carbonyl (C=O) groups excluding carboxylic acids is 1. The largest absolute Gasteiger partial charge is 0.497 e. The average molecular weight is 612 g/mol. The van der Waals surface area contributed by atoms with E-state index >= 15 is 0 Å². The average Bonchev–Trinajstić information content (AvgIpc) is 2.99. The summed E-state index contributed by atoms with van der Waals surface area (Å²) in [5.74, 6) is -0.645. The number of aliphatic hydroxyl groups is 1. The van der Waals surface area contributed by atoms with Gasteiger partial charge in [-0.1, -0.05) is 19.1 Å². The van der Waals surface area contributed by atoms with Crippen LogP contribution in [-0.4, -0.2) is 86.3 Å². The maximum atomic E-state index is 13.7. The summed E-state index contributed by atoms with van der Waals surface area (Å²) < 4.78 is 40.2. The second kappa shape index (κ2) is 13.4. The van der Waals surface area contributed by atoms with Crippen LogP contribution in [0.3, 0.4) is 0 Å². The minimum absolute atomic E-state index is 0.0349. The number of carboxylic acid groups (broad SMARTS) is 1. The fraction of sp³-hybridized carbons (Fsp3) is 0.355. The summed E-state index contributed by atoms with van der Waals surface area (Å²) in [7, 11) is -0.538. The van der Waals surface area contributed by atoms with Gasteiger partial charge in [-0.15, -0.1) is 0 Å². The van der Waals surface area contributed by atoms with Crippen molar-refractivity contribution < 1.29 is 37.7 Å². The highest BCUT2D eigenvalue weighted by Crippen LogP contribution is 2.31. The molecule has 12 heteroatoms. The van der Waals surface area contributed by atoms with E-state index in [0.29, 0.717) is 31.1 Å². The molecule has 43 heavy (non-hydrogen) atoms. The second-order valence-electron chi connectivity index (χ2n) is 10.8. The van der Waals surface area contributed by atoms with E-state index in [9.17, 15) is 23.1 Å². The van der Waals surface area contributed by atoms with E-state index in [-0.39, 0.29) is 46.2 Å². The van der Waals surface area contributed by atoms with Crippen LogP contribution in [0.25, 0.3) is 0 Å². The van der Waals surface area contributed by atoms with E-state index in [0.717, 1.165) is 5.56 Å². The van der Waals surface area contributed by atoms with E-state index in [4.69, 9.17) is 14.6 Å². The molecule has 0 saturated heterocycles. The van der Waals surface area contributed by atoms with Gasteiger partial charge in [0, 0.05) is 31.2 Å². The number of benzene rings is 3. The van der Waals surface area contributed by atoms with Crippen LogP contribution in [0, 0.1) is 5.92 Å². The Morgan fingerprint density at radius 1 is 1.14 bits per heavy atom. The molecule has 0 aliphatic carbocycles. The number of fused-ring (bicyclic) bond motifs is 1. The molecular formula is C31H37N3O8S. The van der Waals surface area contributed by atoms with E-state index in [1.54, 1.807) is 60.4 Å². The van der Waals surface area contributed by atoms with Crippen LogP contribution in [0.2, 0.25) is 0 Å². The van der Waals surface area contributed by atoms with Crippen LogP contribution in [0.15, 0.2) is 71.6 Å². The molecule has 0 radical (unpaired) electrons. The number of anilines is 1. The number of carboxylic acids is 1. The molecule has 0 saturated carbocycles. The van der Waals surface area contributed by atoms with Gasteiger partial charge in [-0.25, -0.2) is 13.2 Å². The van der Waals surface area contributed by atoms with Crippen LogP contribution in [0.4, 0.5) is 5.69 Å². The fourth-order valence-electron chi connectivity index (χ4n) is 4.91. The van der Waals surface area contributed by atoms with Crippen molar-refractivity contribution in [3.8, 4) is 11.5 Å². The van der Waals surface area contributed by atoms with Crippen LogP contribution < -0.4 is 14.2 Å². The summed E-state index contributed by atoms with van der Waals surface area (Å²) >= 11 is 0. The van der Waals surface area contributed by atoms with Crippen molar-refractivity contribution in [2.24, 2.45) is 5.92 Å². The predicted molar refractivity (Wildman–Crippen MR) is 161 cm³/mol. The number of sulfonamides is 1. The first-order valence-corrected chi connectivity index (χ1v) is 15.3. The number of hydrogen-bond acceptors (Lipinski definition) is 8. The highest BCUT2D eigenvalue weighted by molar-refractivity contribution is 7.92. The lowest BCUT2D eigenvalue weighted by Crippen LogP contribution is -2.49. The molecule has 4 rings (SSSR count). The van der Waals surface area contributed by atoms with Crippen molar-refractivity contribution in [2.45, 2.75) is 37.4 Å². The zero-order valence-corrected chi connectivity index (χ0v) is 25.4. The van der Waals surface area contributed by atoms with Crippen LogP contribution in [0.1, 0.15) is 40.1 Å². The van der Waals surface area contributed by atoms with Crippen molar-refractivity contribution in [3.63, 3.8) is 0 Å². The monoisotopic (exact) mass is 611 g/mol. The Bertz CT molecular complexity index is 1540. The van der Waals surface area contributed by atoms with Gasteiger partial charge in [-0.2, -0.15) is 0 Å². The van der Waals surface area contributed by atoms with Gasteiger partial charge < -0.3 is 24.6 Å². The van der Waals surface area contributed by atoms with Gasteiger partial charge in [0.1, 0.15) is 17.6 Å². The van der Waals surface area contributed by atoms with Crippen LogP contribution >= 0.6 is 0 Å². The molecule has 0 spiro atoms. The third-order valence-corrected chi connectivity index (χ3v) is 8.83. The SMILES string of the molecule is COc1ccc(S(=O)(=O)Nc2ccc3c(c2)C(=O)N([C@@H](C)CO)C[C@@H](C)[C@H](CN(C)Cc2ccc(C(=O)O)cc2)O3)cc1. The van der Waals surface area contributed by atoms with Crippen LogP contribution in [-0.2, 0) is 16.6 Å². The molecule has 3 N–H and O–H groups in total. The zero-order valence-electron chi connectivity index (χ0n) is 24.6.